The molecule has 0 aliphatic rings. The number of rotatable bonds is 3. The maximum atomic E-state index is 12.2. The lowest BCUT2D eigenvalue weighted by molar-refractivity contribution is 0.413. The van der Waals surface area contributed by atoms with Gasteiger partial charge in [0.2, 0.25) is 10.0 Å². The van der Waals surface area contributed by atoms with Gasteiger partial charge in [-0.3, -0.25) is 0 Å². The maximum absolute atomic E-state index is 12.2. The van der Waals surface area contributed by atoms with Crippen LogP contribution in [0.2, 0.25) is 0 Å². The minimum atomic E-state index is -3.60. The molecule has 0 heterocycles. The quantitative estimate of drug-likeness (QED) is 0.818. The number of ether oxygens (including phenoxy) is 1. The van der Waals surface area contributed by atoms with E-state index in [4.69, 9.17) is 10.5 Å². The van der Waals surface area contributed by atoms with Crippen LogP contribution in [0, 0.1) is 11.8 Å². The van der Waals surface area contributed by atoms with Crippen LogP contribution in [0.4, 0.5) is 0 Å². The lowest BCUT2D eigenvalue weighted by Crippen LogP contribution is -2.40. The number of nitrogens with one attached hydrogen (secondary N) is 1. The number of sulfonamides is 1. The Balaban J connectivity index is 3.27. The van der Waals surface area contributed by atoms with Gasteiger partial charge in [-0.25, -0.2) is 13.1 Å². The Morgan fingerprint density at radius 1 is 1.35 bits per heavy atom. The van der Waals surface area contributed by atoms with Gasteiger partial charge in [0.25, 0.3) is 0 Å². The molecule has 0 aliphatic heterocycles. The highest BCUT2D eigenvalue weighted by molar-refractivity contribution is 7.89. The summed E-state index contributed by atoms with van der Waals surface area (Å²) in [6, 6.07) is 4.55. The van der Waals surface area contributed by atoms with Crippen LogP contribution in [0.3, 0.4) is 0 Å². The number of nitrogens with two attached hydrogens (primary N) is 1. The van der Waals surface area contributed by atoms with Gasteiger partial charge in [-0.05, 0) is 39.0 Å². The fourth-order valence-electron chi connectivity index (χ4n) is 1.56. The first kappa shape index (κ1) is 16.5. The van der Waals surface area contributed by atoms with E-state index in [9.17, 15) is 8.42 Å². The van der Waals surface area contributed by atoms with Crippen LogP contribution >= 0.6 is 0 Å². The van der Waals surface area contributed by atoms with Gasteiger partial charge in [-0.1, -0.05) is 11.8 Å². The molecule has 3 N–H and O–H groups in total. The monoisotopic (exact) mass is 296 g/mol. The molecule has 0 unspecified atom stereocenters. The Hall–Kier alpha value is -1.55. The average molecular weight is 296 g/mol. The van der Waals surface area contributed by atoms with Crippen LogP contribution in [-0.2, 0) is 10.0 Å². The van der Waals surface area contributed by atoms with Gasteiger partial charge in [-0.2, -0.15) is 0 Å². The molecule has 0 fully saturated rings. The van der Waals surface area contributed by atoms with Crippen molar-refractivity contribution in [2.75, 3.05) is 13.7 Å². The molecular formula is C14H20N2O3S. The summed E-state index contributed by atoms with van der Waals surface area (Å²) >= 11 is 0. The fraction of sp³-hybridized carbons (Fsp3) is 0.429. The average Bonchev–Trinajstić information content (AvgIpc) is 2.33. The standard InChI is InChI=1S/C14H20N2O3S/c1-14(2,3)16-20(17,18)12-7-8-13(19-4)11(10-12)6-5-9-15/h7-8,10,16H,9,15H2,1-4H3. The molecule has 1 aromatic rings. The van der Waals surface area contributed by atoms with Gasteiger partial charge in [0, 0.05) is 5.54 Å². The van der Waals surface area contributed by atoms with E-state index in [1.54, 1.807) is 26.8 Å². The summed E-state index contributed by atoms with van der Waals surface area (Å²) < 4.78 is 32.2. The lowest BCUT2D eigenvalue weighted by atomic mass is 10.1. The summed E-state index contributed by atoms with van der Waals surface area (Å²) in [6.07, 6.45) is 0. The minimum absolute atomic E-state index is 0.148. The Kier molecular flexibility index (Phi) is 5.17. The van der Waals surface area contributed by atoms with Crippen molar-refractivity contribution >= 4 is 10.0 Å². The molecule has 0 saturated heterocycles. The van der Waals surface area contributed by atoms with E-state index in [0.717, 1.165) is 0 Å². The van der Waals surface area contributed by atoms with Crippen LogP contribution in [0.25, 0.3) is 0 Å². The summed E-state index contributed by atoms with van der Waals surface area (Å²) in [5, 5.41) is 0. The third-order valence-electron chi connectivity index (χ3n) is 2.25. The molecule has 0 amide bonds. The lowest BCUT2D eigenvalue weighted by Gasteiger charge is -2.20. The molecule has 0 aliphatic carbocycles. The van der Waals surface area contributed by atoms with Crippen molar-refractivity contribution in [1.82, 2.24) is 4.72 Å². The SMILES string of the molecule is COc1ccc(S(=O)(=O)NC(C)(C)C)cc1C#CCN. The highest BCUT2D eigenvalue weighted by Crippen LogP contribution is 2.22. The zero-order valence-electron chi connectivity index (χ0n) is 12.1. The molecule has 1 aromatic carbocycles. The first-order valence-corrected chi connectivity index (χ1v) is 7.59. The second kappa shape index (κ2) is 6.27. The van der Waals surface area contributed by atoms with Crippen LogP contribution in [-0.4, -0.2) is 27.6 Å². The first-order chi connectivity index (χ1) is 9.19. The van der Waals surface area contributed by atoms with E-state index in [1.807, 2.05) is 0 Å². The molecule has 0 aromatic heterocycles. The Labute approximate surface area is 120 Å². The van der Waals surface area contributed by atoms with E-state index in [-0.39, 0.29) is 11.4 Å². The van der Waals surface area contributed by atoms with Crippen LogP contribution in [0.1, 0.15) is 26.3 Å². The van der Waals surface area contributed by atoms with Crippen molar-refractivity contribution < 1.29 is 13.2 Å². The smallest absolute Gasteiger partial charge is 0.241 e. The topological polar surface area (TPSA) is 81.4 Å². The first-order valence-electron chi connectivity index (χ1n) is 6.10. The van der Waals surface area contributed by atoms with Gasteiger partial charge >= 0.3 is 0 Å². The second-order valence-corrected chi connectivity index (χ2v) is 6.91. The van der Waals surface area contributed by atoms with Gasteiger partial charge in [0.05, 0.1) is 24.1 Å². The predicted molar refractivity (Wildman–Crippen MR) is 79.0 cm³/mol. The van der Waals surface area contributed by atoms with E-state index >= 15 is 0 Å². The van der Waals surface area contributed by atoms with Crippen molar-refractivity contribution in [2.24, 2.45) is 5.73 Å². The minimum Gasteiger partial charge on any atom is -0.495 e. The third-order valence-corrected chi connectivity index (χ3v) is 4.00. The third kappa shape index (κ3) is 4.53. The molecule has 0 atom stereocenters. The van der Waals surface area contributed by atoms with Gasteiger partial charge < -0.3 is 10.5 Å². The van der Waals surface area contributed by atoms with E-state index < -0.39 is 15.6 Å². The van der Waals surface area contributed by atoms with Crippen molar-refractivity contribution in [1.29, 1.82) is 0 Å². The Morgan fingerprint density at radius 2 is 2.00 bits per heavy atom. The molecule has 6 heteroatoms. The summed E-state index contributed by atoms with van der Waals surface area (Å²) in [5.41, 5.74) is 5.27. The highest BCUT2D eigenvalue weighted by Gasteiger charge is 2.22. The van der Waals surface area contributed by atoms with Crippen LogP contribution < -0.4 is 15.2 Å². The Bertz CT molecular complexity index is 635. The number of hydrogen-bond acceptors (Lipinski definition) is 4. The van der Waals surface area contributed by atoms with Gasteiger partial charge in [0.15, 0.2) is 0 Å². The van der Waals surface area contributed by atoms with Gasteiger partial charge in [-0.15, -0.1) is 0 Å². The second-order valence-electron chi connectivity index (χ2n) is 5.22. The molecule has 5 nitrogen and oxygen atoms in total. The molecule has 0 spiro atoms. The van der Waals surface area contributed by atoms with E-state index in [0.29, 0.717) is 11.3 Å². The molecule has 1 rings (SSSR count). The van der Waals surface area contributed by atoms with E-state index in [1.165, 1.54) is 19.2 Å². The summed E-state index contributed by atoms with van der Waals surface area (Å²) in [5.74, 6) is 6.01. The molecule has 20 heavy (non-hydrogen) atoms. The summed E-state index contributed by atoms with van der Waals surface area (Å²) in [4.78, 5) is 0.148. The predicted octanol–water partition coefficient (Wildman–Crippen LogP) is 1.08. The number of methoxy groups -OCH3 is 1. The van der Waals surface area contributed by atoms with Crippen molar-refractivity contribution in [2.45, 2.75) is 31.2 Å². The molecular weight excluding hydrogens is 276 g/mol. The largest absolute Gasteiger partial charge is 0.495 e. The number of benzene rings is 1. The summed E-state index contributed by atoms with van der Waals surface area (Å²) in [7, 11) is -2.09. The van der Waals surface area contributed by atoms with E-state index in [2.05, 4.69) is 16.6 Å². The molecule has 0 bridgehead atoms. The Morgan fingerprint density at radius 3 is 2.50 bits per heavy atom. The van der Waals surface area contributed by atoms with Crippen molar-refractivity contribution in [3.05, 3.63) is 23.8 Å². The van der Waals surface area contributed by atoms with Crippen LogP contribution in [0.15, 0.2) is 23.1 Å². The zero-order chi connectivity index (χ0) is 15.4. The maximum Gasteiger partial charge on any atom is 0.241 e. The van der Waals surface area contributed by atoms with Gasteiger partial charge in [0.1, 0.15) is 5.75 Å². The van der Waals surface area contributed by atoms with Crippen molar-refractivity contribution in [3.8, 4) is 17.6 Å². The highest BCUT2D eigenvalue weighted by atomic mass is 32.2. The molecule has 110 valence electrons. The number of hydrogen-bond donors (Lipinski definition) is 2. The molecule has 0 radical (unpaired) electrons. The normalized spacial score (nSPS) is 11.7. The van der Waals surface area contributed by atoms with Crippen LogP contribution in [0.5, 0.6) is 5.75 Å². The van der Waals surface area contributed by atoms with Crippen molar-refractivity contribution in [3.63, 3.8) is 0 Å². The zero-order valence-corrected chi connectivity index (χ0v) is 13.0. The fourth-order valence-corrected chi connectivity index (χ4v) is 3.00. The molecule has 0 saturated carbocycles. The summed E-state index contributed by atoms with van der Waals surface area (Å²) in [6.45, 7) is 5.54.